The fourth-order valence-corrected chi connectivity index (χ4v) is 4.21. The van der Waals surface area contributed by atoms with Gasteiger partial charge in [-0.05, 0) is 61.2 Å². The summed E-state index contributed by atoms with van der Waals surface area (Å²) in [5, 5.41) is 7.25. The van der Waals surface area contributed by atoms with Crippen molar-refractivity contribution in [1.29, 1.82) is 0 Å². The molecule has 0 unspecified atom stereocenters. The van der Waals surface area contributed by atoms with E-state index in [4.69, 9.17) is 12.2 Å². The van der Waals surface area contributed by atoms with Crippen molar-refractivity contribution < 1.29 is 4.79 Å². The molecule has 1 atom stereocenters. The van der Waals surface area contributed by atoms with Gasteiger partial charge in [0.15, 0.2) is 5.11 Å². The van der Waals surface area contributed by atoms with Gasteiger partial charge in [-0.1, -0.05) is 50.2 Å². The Labute approximate surface area is 173 Å². The lowest BCUT2D eigenvalue weighted by Crippen LogP contribution is -2.39. The number of anilines is 2. The first kappa shape index (κ1) is 20.3. The maximum atomic E-state index is 12.0. The third-order valence-corrected chi connectivity index (χ3v) is 5.46. The second kappa shape index (κ2) is 8.74. The standard InChI is InChI=1S/C23H29N3OS/c1-17(16-23(2,3)18-9-5-4-6-10-18)24-22(28)25-19-11-7-12-20(15-19)26-14-8-13-21(26)27/h4-7,9-12,15,17H,8,13-14,16H2,1-3H3,(H2,24,25,28)/t17-/m0/s1. The molecule has 2 aromatic carbocycles. The topological polar surface area (TPSA) is 44.4 Å². The van der Waals surface area contributed by atoms with Crippen LogP contribution in [0.3, 0.4) is 0 Å². The summed E-state index contributed by atoms with van der Waals surface area (Å²) in [7, 11) is 0. The van der Waals surface area contributed by atoms with Gasteiger partial charge in [-0.15, -0.1) is 0 Å². The van der Waals surface area contributed by atoms with Crippen LogP contribution in [0.25, 0.3) is 0 Å². The van der Waals surface area contributed by atoms with E-state index in [0.717, 1.165) is 30.8 Å². The van der Waals surface area contributed by atoms with E-state index in [1.165, 1.54) is 5.56 Å². The van der Waals surface area contributed by atoms with Crippen LogP contribution in [0.2, 0.25) is 0 Å². The Morgan fingerprint density at radius 3 is 2.61 bits per heavy atom. The lowest BCUT2D eigenvalue weighted by molar-refractivity contribution is -0.117. The quantitative estimate of drug-likeness (QED) is 0.686. The first-order valence-electron chi connectivity index (χ1n) is 9.89. The summed E-state index contributed by atoms with van der Waals surface area (Å²) in [5.41, 5.74) is 3.20. The fourth-order valence-electron chi connectivity index (χ4n) is 3.89. The number of benzene rings is 2. The van der Waals surface area contributed by atoms with Gasteiger partial charge in [0.1, 0.15) is 0 Å². The van der Waals surface area contributed by atoms with E-state index in [1.54, 1.807) is 0 Å². The fraction of sp³-hybridized carbons (Fsp3) is 0.391. The first-order chi connectivity index (χ1) is 13.3. The Balaban J connectivity index is 1.57. The molecule has 1 amide bonds. The number of nitrogens with zero attached hydrogens (tertiary/aromatic N) is 1. The highest BCUT2D eigenvalue weighted by atomic mass is 32.1. The Kier molecular flexibility index (Phi) is 6.35. The molecule has 0 radical (unpaired) electrons. The summed E-state index contributed by atoms with van der Waals surface area (Å²) < 4.78 is 0. The maximum Gasteiger partial charge on any atom is 0.227 e. The Morgan fingerprint density at radius 2 is 1.93 bits per heavy atom. The molecular formula is C23H29N3OS. The smallest absolute Gasteiger partial charge is 0.227 e. The highest BCUT2D eigenvalue weighted by Gasteiger charge is 2.24. The van der Waals surface area contributed by atoms with Crippen molar-refractivity contribution >= 4 is 34.6 Å². The Hall–Kier alpha value is -2.40. The van der Waals surface area contributed by atoms with Gasteiger partial charge in [-0.3, -0.25) is 4.79 Å². The Bertz CT molecular complexity index is 835. The summed E-state index contributed by atoms with van der Waals surface area (Å²) in [6.45, 7) is 7.45. The Morgan fingerprint density at radius 1 is 1.18 bits per heavy atom. The second-order valence-corrected chi connectivity index (χ2v) is 8.56. The molecule has 148 valence electrons. The van der Waals surface area contributed by atoms with E-state index in [2.05, 4.69) is 55.7 Å². The predicted molar refractivity (Wildman–Crippen MR) is 121 cm³/mol. The first-order valence-corrected chi connectivity index (χ1v) is 10.3. The van der Waals surface area contributed by atoms with Crippen molar-refractivity contribution in [2.75, 3.05) is 16.8 Å². The van der Waals surface area contributed by atoms with Crippen LogP contribution in [-0.4, -0.2) is 23.6 Å². The highest BCUT2D eigenvalue weighted by molar-refractivity contribution is 7.80. The van der Waals surface area contributed by atoms with E-state index in [0.29, 0.717) is 11.5 Å². The second-order valence-electron chi connectivity index (χ2n) is 8.15. The minimum atomic E-state index is 0.0549. The molecule has 3 rings (SSSR count). The van der Waals surface area contributed by atoms with Crippen LogP contribution >= 0.6 is 12.2 Å². The van der Waals surface area contributed by atoms with E-state index in [9.17, 15) is 4.79 Å². The number of thiocarbonyl (C=S) groups is 1. The van der Waals surface area contributed by atoms with E-state index in [-0.39, 0.29) is 17.4 Å². The average Bonchev–Trinajstić information content (AvgIpc) is 3.08. The van der Waals surface area contributed by atoms with Crippen LogP contribution in [0.5, 0.6) is 0 Å². The van der Waals surface area contributed by atoms with Gasteiger partial charge < -0.3 is 15.5 Å². The molecule has 0 spiro atoms. The number of hydrogen-bond donors (Lipinski definition) is 2. The molecule has 0 bridgehead atoms. The van der Waals surface area contributed by atoms with Gasteiger partial charge in [0.2, 0.25) is 5.91 Å². The van der Waals surface area contributed by atoms with Gasteiger partial charge in [-0.2, -0.15) is 0 Å². The summed E-state index contributed by atoms with van der Waals surface area (Å²) in [6.07, 6.45) is 2.51. The molecular weight excluding hydrogens is 366 g/mol. The van der Waals surface area contributed by atoms with Gasteiger partial charge in [-0.25, -0.2) is 0 Å². The number of amides is 1. The SMILES string of the molecule is C[C@@H](CC(C)(C)c1ccccc1)NC(=S)Nc1cccc(N2CCCC2=O)c1. The van der Waals surface area contributed by atoms with Crippen LogP contribution in [0.4, 0.5) is 11.4 Å². The molecule has 0 aromatic heterocycles. The lowest BCUT2D eigenvalue weighted by atomic mass is 9.79. The van der Waals surface area contributed by atoms with Gasteiger partial charge in [0.25, 0.3) is 0 Å². The number of hydrogen-bond acceptors (Lipinski definition) is 2. The molecule has 0 aliphatic carbocycles. The average molecular weight is 396 g/mol. The lowest BCUT2D eigenvalue weighted by Gasteiger charge is -2.29. The number of carbonyl (C=O) groups is 1. The molecule has 1 fully saturated rings. The van der Waals surface area contributed by atoms with Crippen molar-refractivity contribution in [3.63, 3.8) is 0 Å². The van der Waals surface area contributed by atoms with Crippen LogP contribution in [0, 0.1) is 0 Å². The molecule has 1 aliphatic heterocycles. The van der Waals surface area contributed by atoms with E-state index in [1.807, 2.05) is 35.2 Å². The third kappa shape index (κ3) is 5.10. The molecule has 28 heavy (non-hydrogen) atoms. The maximum absolute atomic E-state index is 12.0. The zero-order chi connectivity index (χ0) is 20.1. The monoisotopic (exact) mass is 395 g/mol. The van der Waals surface area contributed by atoms with Crippen LogP contribution < -0.4 is 15.5 Å². The predicted octanol–water partition coefficient (Wildman–Crippen LogP) is 4.86. The molecule has 4 nitrogen and oxygen atoms in total. The zero-order valence-electron chi connectivity index (χ0n) is 16.9. The summed E-state index contributed by atoms with van der Waals surface area (Å²) in [6, 6.07) is 18.7. The molecule has 5 heteroatoms. The minimum Gasteiger partial charge on any atom is -0.360 e. The van der Waals surface area contributed by atoms with Crippen molar-refractivity contribution in [3.8, 4) is 0 Å². The van der Waals surface area contributed by atoms with E-state index >= 15 is 0 Å². The van der Waals surface area contributed by atoms with Crippen LogP contribution in [0.1, 0.15) is 45.6 Å². The summed E-state index contributed by atoms with van der Waals surface area (Å²) >= 11 is 5.52. The molecule has 1 aliphatic rings. The van der Waals surface area contributed by atoms with Crippen molar-refractivity contribution in [2.24, 2.45) is 0 Å². The number of nitrogens with one attached hydrogen (secondary N) is 2. The van der Waals surface area contributed by atoms with Crippen molar-refractivity contribution in [3.05, 3.63) is 60.2 Å². The van der Waals surface area contributed by atoms with E-state index < -0.39 is 0 Å². The highest BCUT2D eigenvalue weighted by Crippen LogP contribution is 2.28. The number of carbonyl (C=O) groups excluding carboxylic acids is 1. The van der Waals surface area contributed by atoms with Crippen LogP contribution in [-0.2, 0) is 10.2 Å². The zero-order valence-corrected chi connectivity index (χ0v) is 17.7. The summed E-state index contributed by atoms with van der Waals surface area (Å²) in [4.78, 5) is 13.8. The molecule has 0 saturated carbocycles. The van der Waals surface area contributed by atoms with Gasteiger partial charge >= 0.3 is 0 Å². The normalized spacial score (nSPS) is 15.4. The third-order valence-electron chi connectivity index (χ3n) is 5.24. The largest absolute Gasteiger partial charge is 0.360 e. The summed E-state index contributed by atoms with van der Waals surface area (Å²) in [5.74, 6) is 0.189. The van der Waals surface area contributed by atoms with Crippen molar-refractivity contribution in [1.82, 2.24) is 5.32 Å². The van der Waals surface area contributed by atoms with Crippen molar-refractivity contribution in [2.45, 2.75) is 51.5 Å². The van der Waals surface area contributed by atoms with Crippen LogP contribution in [0.15, 0.2) is 54.6 Å². The molecule has 1 heterocycles. The van der Waals surface area contributed by atoms with Gasteiger partial charge in [0.05, 0.1) is 0 Å². The van der Waals surface area contributed by atoms with Gasteiger partial charge in [0, 0.05) is 30.4 Å². The molecule has 2 aromatic rings. The minimum absolute atomic E-state index is 0.0549. The molecule has 2 N–H and O–H groups in total. The molecule has 1 saturated heterocycles. The number of rotatable bonds is 6.